The van der Waals surface area contributed by atoms with Crippen LogP contribution in [0.2, 0.25) is 0 Å². The third-order valence-electron chi connectivity index (χ3n) is 5.26. The minimum atomic E-state index is -0.589. The van der Waals surface area contributed by atoms with Crippen LogP contribution in [0.15, 0.2) is 0 Å². The number of nitrogens with zero attached hydrogens (tertiary/aromatic N) is 1. The van der Waals surface area contributed by atoms with Crippen LogP contribution in [0.25, 0.3) is 0 Å². The first kappa shape index (κ1) is 13.9. The number of hydrogen-bond donors (Lipinski definition) is 1. The summed E-state index contributed by atoms with van der Waals surface area (Å²) < 4.78 is 5.40. The first-order valence-corrected chi connectivity index (χ1v) is 7.82. The van der Waals surface area contributed by atoms with Crippen molar-refractivity contribution in [2.45, 2.75) is 57.0 Å². The van der Waals surface area contributed by atoms with Gasteiger partial charge in [-0.15, -0.1) is 0 Å². The van der Waals surface area contributed by atoms with E-state index in [1.165, 1.54) is 0 Å². The van der Waals surface area contributed by atoms with E-state index in [0.717, 1.165) is 51.7 Å². The Hall–Kier alpha value is -1.10. The van der Waals surface area contributed by atoms with Crippen LogP contribution < -0.4 is 5.32 Å². The first-order chi connectivity index (χ1) is 9.62. The SMILES string of the molecule is CC(C1CCOCC1)N1CC(=O)NC2(CCCC2)C1=O. The monoisotopic (exact) mass is 280 g/mol. The van der Waals surface area contributed by atoms with E-state index in [4.69, 9.17) is 4.74 Å². The van der Waals surface area contributed by atoms with Crippen molar-refractivity contribution in [2.24, 2.45) is 5.92 Å². The molecule has 112 valence electrons. The second kappa shape index (κ2) is 5.35. The van der Waals surface area contributed by atoms with Crippen LogP contribution in [-0.4, -0.2) is 48.1 Å². The van der Waals surface area contributed by atoms with E-state index in [9.17, 15) is 9.59 Å². The molecule has 0 bridgehead atoms. The molecule has 1 unspecified atom stereocenters. The molecule has 20 heavy (non-hydrogen) atoms. The fourth-order valence-electron chi connectivity index (χ4n) is 3.96. The summed E-state index contributed by atoms with van der Waals surface area (Å²) in [6.07, 6.45) is 5.64. The van der Waals surface area contributed by atoms with Gasteiger partial charge in [0, 0.05) is 19.3 Å². The third kappa shape index (κ3) is 2.32. The Morgan fingerprint density at radius 3 is 2.55 bits per heavy atom. The normalized spacial score (nSPS) is 28.8. The number of rotatable bonds is 2. The second-order valence-electron chi connectivity index (χ2n) is 6.46. The second-order valence-corrected chi connectivity index (χ2v) is 6.46. The van der Waals surface area contributed by atoms with Crippen molar-refractivity contribution in [3.8, 4) is 0 Å². The van der Waals surface area contributed by atoms with Crippen LogP contribution in [0.1, 0.15) is 45.4 Å². The average molecular weight is 280 g/mol. The lowest BCUT2D eigenvalue weighted by Gasteiger charge is -2.45. The Morgan fingerprint density at radius 1 is 1.25 bits per heavy atom. The molecule has 3 aliphatic rings. The summed E-state index contributed by atoms with van der Waals surface area (Å²) in [7, 11) is 0. The minimum absolute atomic E-state index is 0.00501. The van der Waals surface area contributed by atoms with Crippen LogP contribution >= 0.6 is 0 Å². The fraction of sp³-hybridized carbons (Fsp3) is 0.867. The maximum atomic E-state index is 12.9. The molecule has 2 aliphatic heterocycles. The van der Waals surface area contributed by atoms with Crippen LogP contribution in [0, 0.1) is 5.92 Å². The Labute approximate surface area is 120 Å². The van der Waals surface area contributed by atoms with E-state index < -0.39 is 5.54 Å². The van der Waals surface area contributed by atoms with Gasteiger partial charge in [-0.25, -0.2) is 0 Å². The zero-order chi connectivity index (χ0) is 14.2. The molecule has 1 atom stereocenters. The topological polar surface area (TPSA) is 58.6 Å². The highest BCUT2D eigenvalue weighted by Crippen LogP contribution is 2.35. The molecule has 5 nitrogen and oxygen atoms in total. The molecule has 2 heterocycles. The number of carbonyl (C=O) groups is 2. The van der Waals surface area contributed by atoms with Crippen molar-refractivity contribution in [3.05, 3.63) is 0 Å². The van der Waals surface area contributed by atoms with Gasteiger partial charge < -0.3 is 15.0 Å². The lowest BCUT2D eigenvalue weighted by atomic mass is 9.87. The molecule has 1 spiro atoms. The van der Waals surface area contributed by atoms with Gasteiger partial charge in [-0.2, -0.15) is 0 Å². The summed E-state index contributed by atoms with van der Waals surface area (Å²) in [5, 5.41) is 2.97. The highest BCUT2D eigenvalue weighted by atomic mass is 16.5. The van der Waals surface area contributed by atoms with Gasteiger partial charge in [-0.05, 0) is 38.5 Å². The van der Waals surface area contributed by atoms with Crippen molar-refractivity contribution in [3.63, 3.8) is 0 Å². The van der Waals surface area contributed by atoms with Crippen molar-refractivity contribution in [1.29, 1.82) is 0 Å². The van der Waals surface area contributed by atoms with Gasteiger partial charge in [0.1, 0.15) is 5.54 Å². The van der Waals surface area contributed by atoms with Crippen LogP contribution in [0.5, 0.6) is 0 Å². The average Bonchev–Trinajstić information content (AvgIpc) is 2.92. The maximum absolute atomic E-state index is 12.9. The molecular formula is C15H24N2O3. The lowest BCUT2D eigenvalue weighted by Crippen LogP contribution is -2.67. The zero-order valence-electron chi connectivity index (χ0n) is 12.2. The van der Waals surface area contributed by atoms with E-state index in [1.807, 2.05) is 4.90 Å². The van der Waals surface area contributed by atoms with Crippen molar-refractivity contribution < 1.29 is 14.3 Å². The summed E-state index contributed by atoms with van der Waals surface area (Å²) in [4.78, 5) is 26.7. The molecule has 3 rings (SSSR count). The molecule has 0 aromatic carbocycles. The maximum Gasteiger partial charge on any atom is 0.249 e. The van der Waals surface area contributed by atoms with Crippen molar-refractivity contribution in [1.82, 2.24) is 10.2 Å². The lowest BCUT2D eigenvalue weighted by molar-refractivity contribution is -0.153. The minimum Gasteiger partial charge on any atom is -0.381 e. The molecule has 3 fully saturated rings. The molecule has 0 aromatic heterocycles. The third-order valence-corrected chi connectivity index (χ3v) is 5.26. The molecule has 1 saturated carbocycles. The Kier molecular flexibility index (Phi) is 3.71. The smallest absolute Gasteiger partial charge is 0.249 e. The summed E-state index contributed by atoms with van der Waals surface area (Å²) in [6, 6.07) is 0.134. The molecule has 2 saturated heterocycles. The Morgan fingerprint density at radius 2 is 1.90 bits per heavy atom. The zero-order valence-corrected chi connectivity index (χ0v) is 12.2. The number of amides is 2. The number of ether oxygens (including phenoxy) is 1. The van der Waals surface area contributed by atoms with Gasteiger partial charge in [-0.3, -0.25) is 9.59 Å². The quantitative estimate of drug-likeness (QED) is 0.823. The van der Waals surface area contributed by atoms with Gasteiger partial charge in [0.05, 0.1) is 6.54 Å². The molecule has 5 heteroatoms. The van der Waals surface area contributed by atoms with E-state index in [0.29, 0.717) is 5.92 Å². The van der Waals surface area contributed by atoms with Gasteiger partial charge in [0.2, 0.25) is 11.8 Å². The number of piperazine rings is 1. The van der Waals surface area contributed by atoms with E-state index in [-0.39, 0.29) is 24.4 Å². The van der Waals surface area contributed by atoms with E-state index >= 15 is 0 Å². The van der Waals surface area contributed by atoms with Crippen molar-refractivity contribution in [2.75, 3.05) is 19.8 Å². The molecule has 1 N–H and O–H groups in total. The fourth-order valence-corrected chi connectivity index (χ4v) is 3.96. The standard InChI is InChI=1S/C15H24N2O3/c1-11(12-4-8-20-9-5-12)17-10-13(18)16-15(14(17)19)6-2-3-7-15/h11-12H,2-10H2,1H3,(H,16,18). The van der Waals surface area contributed by atoms with Crippen LogP contribution in [0.3, 0.4) is 0 Å². The number of hydrogen-bond acceptors (Lipinski definition) is 3. The summed E-state index contributed by atoms with van der Waals surface area (Å²) in [5.41, 5.74) is -0.589. The predicted octanol–water partition coefficient (Wildman–Crippen LogP) is 1.07. The predicted molar refractivity (Wildman–Crippen MR) is 74.1 cm³/mol. The summed E-state index contributed by atoms with van der Waals surface area (Å²) in [6.45, 7) is 3.86. The molecule has 1 aliphatic carbocycles. The van der Waals surface area contributed by atoms with E-state index in [1.54, 1.807) is 0 Å². The van der Waals surface area contributed by atoms with E-state index in [2.05, 4.69) is 12.2 Å². The Balaban J connectivity index is 1.77. The molecule has 0 aromatic rings. The largest absolute Gasteiger partial charge is 0.381 e. The Bertz CT molecular complexity index is 398. The first-order valence-electron chi connectivity index (χ1n) is 7.82. The van der Waals surface area contributed by atoms with Gasteiger partial charge in [-0.1, -0.05) is 12.8 Å². The van der Waals surface area contributed by atoms with Crippen LogP contribution in [0.4, 0.5) is 0 Å². The van der Waals surface area contributed by atoms with Gasteiger partial charge >= 0.3 is 0 Å². The number of carbonyl (C=O) groups excluding carboxylic acids is 2. The van der Waals surface area contributed by atoms with Crippen molar-refractivity contribution >= 4 is 11.8 Å². The molecule has 2 amide bonds. The molecular weight excluding hydrogens is 256 g/mol. The highest BCUT2D eigenvalue weighted by molar-refractivity contribution is 5.98. The highest BCUT2D eigenvalue weighted by Gasteiger charge is 2.49. The van der Waals surface area contributed by atoms with Gasteiger partial charge in [0.15, 0.2) is 0 Å². The summed E-state index contributed by atoms with van der Waals surface area (Å²) in [5.74, 6) is 0.607. The van der Waals surface area contributed by atoms with Crippen LogP contribution in [-0.2, 0) is 14.3 Å². The summed E-state index contributed by atoms with van der Waals surface area (Å²) >= 11 is 0. The number of nitrogens with one attached hydrogen (secondary N) is 1. The molecule has 0 radical (unpaired) electrons. The van der Waals surface area contributed by atoms with Gasteiger partial charge in [0.25, 0.3) is 0 Å².